The van der Waals surface area contributed by atoms with Crippen LogP contribution in [0.3, 0.4) is 0 Å². The predicted molar refractivity (Wildman–Crippen MR) is 132 cm³/mol. The quantitative estimate of drug-likeness (QED) is 0.633. The van der Waals surface area contributed by atoms with Crippen LogP contribution in [0.4, 0.5) is 5.69 Å². The van der Waals surface area contributed by atoms with Crippen molar-refractivity contribution in [1.29, 1.82) is 0 Å². The lowest BCUT2D eigenvalue weighted by atomic mass is 9.97. The molecule has 5 heterocycles. The Morgan fingerprint density at radius 2 is 1.97 bits per heavy atom. The molecule has 1 atom stereocenters. The lowest BCUT2D eigenvalue weighted by Crippen LogP contribution is -2.62. The maximum atomic E-state index is 13.4. The number of pyridine rings is 1. The molecule has 0 spiro atoms. The Morgan fingerprint density at radius 3 is 2.80 bits per heavy atom. The van der Waals surface area contributed by atoms with Gasteiger partial charge in [0.05, 0.1) is 11.3 Å². The smallest absolute Gasteiger partial charge is 0.257 e. The van der Waals surface area contributed by atoms with Crippen molar-refractivity contribution in [2.24, 2.45) is 0 Å². The third kappa shape index (κ3) is 3.35. The Bertz CT molecular complexity index is 1390. The summed E-state index contributed by atoms with van der Waals surface area (Å²) in [7, 11) is 0. The van der Waals surface area contributed by atoms with Crippen molar-refractivity contribution in [3.8, 4) is 0 Å². The van der Waals surface area contributed by atoms with Crippen LogP contribution in [0, 0.1) is 0 Å². The number of aromatic nitrogens is 2. The van der Waals surface area contributed by atoms with Crippen LogP contribution >= 0.6 is 0 Å². The zero-order valence-corrected chi connectivity index (χ0v) is 19.7. The Morgan fingerprint density at radius 1 is 1.11 bits per heavy atom. The molecule has 1 saturated heterocycles. The van der Waals surface area contributed by atoms with Crippen LogP contribution in [0.25, 0.3) is 16.6 Å². The molecule has 3 amide bonds. The third-order valence-electron chi connectivity index (χ3n) is 7.65. The Labute approximate surface area is 203 Å². The number of rotatable bonds is 4. The molecule has 0 bridgehead atoms. The number of benzene rings is 1. The number of hydrogen-bond acceptors (Lipinski definition) is 4. The fourth-order valence-corrected chi connectivity index (χ4v) is 5.77. The van der Waals surface area contributed by atoms with Crippen molar-refractivity contribution in [2.45, 2.75) is 38.3 Å². The number of carbonyl (C=O) groups excluding carboxylic acids is 3. The average molecular weight is 470 g/mol. The van der Waals surface area contributed by atoms with E-state index < -0.39 is 5.66 Å². The van der Waals surface area contributed by atoms with Crippen LogP contribution in [0.1, 0.15) is 48.5 Å². The Balaban J connectivity index is 1.17. The molecule has 0 saturated carbocycles. The van der Waals surface area contributed by atoms with E-state index in [0.29, 0.717) is 37.2 Å². The van der Waals surface area contributed by atoms with Crippen molar-refractivity contribution in [1.82, 2.24) is 19.8 Å². The zero-order chi connectivity index (χ0) is 24.2. The van der Waals surface area contributed by atoms with E-state index in [1.807, 2.05) is 42.3 Å². The van der Waals surface area contributed by atoms with Gasteiger partial charge < -0.3 is 14.8 Å². The van der Waals surface area contributed by atoms with Gasteiger partial charge in [0.1, 0.15) is 11.3 Å². The summed E-state index contributed by atoms with van der Waals surface area (Å²) >= 11 is 0. The zero-order valence-electron chi connectivity index (χ0n) is 19.7. The molecule has 0 unspecified atom stereocenters. The van der Waals surface area contributed by atoms with Gasteiger partial charge in [-0.25, -0.2) is 4.98 Å². The molecule has 3 aromatic rings. The van der Waals surface area contributed by atoms with Crippen molar-refractivity contribution < 1.29 is 14.4 Å². The minimum Gasteiger partial charge on any atom is -0.346 e. The molecule has 8 heteroatoms. The van der Waals surface area contributed by atoms with Gasteiger partial charge >= 0.3 is 0 Å². The summed E-state index contributed by atoms with van der Waals surface area (Å²) in [5, 5.41) is 1.09. The van der Waals surface area contributed by atoms with E-state index in [1.165, 1.54) is 5.57 Å². The molecule has 1 fully saturated rings. The number of aromatic amines is 1. The van der Waals surface area contributed by atoms with Gasteiger partial charge in [0, 0.05) is 55.8 Å². The van der Waals surface area contributed by atoms with Crippen LogP contribution in [0.2, 0.25) is 0 Å². The summed E-state index contributed by atoms with van der Waals surface area (Å²) in [6.45, 7) is 3.39. The molecular weight excluding hydrogens is 442 g/mol. The van der Waals surface area contributed by atoms with Crippen LogP contribution in [0.15, 0.2) is 54.9 Å². The Kier molecular flexibility index (Phi) is 4.98. The van der Waals surface area contributed by atoms with Gasteiger partial charge in [-0.2, -0.15) is 0 Å². The summed E-state index contributed by atoms with van der Waals surface area (Å²) in [5.41, 5.74) is 3.67. The maximum Gasteiger partial charge on any atom is 0.257 e. The number of fused-ring (bicyclic) bond motifs is 4. The highest BCUT2D eigenvalue weighted by Gasteiger charge is 2.52. The summed E-state index contributed by atoms with van der Waals surface area (Å²) in [6.07, 6.45) is 7.81. The van der Waals surface area contributed by atoms with Crippen molar-refractivity contribution in [3.63, 3.8) is 0 Å². The minimum atomic E-state index is -0.735. The second-order valence-electron chi connectivity index (χ2n) is 9.59. The molecule has 178 valence electrons. The molecular formula is C27H27N5O3. The lowest BCUT2D eigenvalue weighted by Gasteiger charge is -2.48. The first kappa shape index (κ1) is 21.6. The van der Waals surface area contributed by atoms with Gasteiger partial charge in [-0.1, -0.05) is 18.2 Å². The van der Waals surface area contributed by atoms with Gasteiger partial charge in [-0.15, -0.1) is 0 Å². The molecule has 0 aliphatic carbocycles. The maximum absolute atomic E-state index is 13.4. The highest BCUT2D eigenvalue weighted by Crippen LogP contribution is 2.44. The molecule has 1 aromatic carbocycles. The van der Waals surface area contributed by atoms with Crippen LogP contribution < -0.4 is 4.90 Å². The molecule has 0 radical (unpaired) electrons. The molecule has 2 aromatic heterocycles. The molecule has 3 aliphatic rings. The SMILES string of the molecule is C[C@@]12CCC(=O)N1c1ccccc1C(=O)N2CCC(=O)N1CC=C(c2c[nH]c3ncccc23)CC1. The molecule has 1 N–H and O–H groups in total. The molecule has 8 nitrogen and oxygen atoms in total. The largest absolute Gasteiger partial charge is 0.346 e. The standard InChI is InChI=1S/C27H27N5O3/c1-27-12-8-24(34)32(27)22-7-3-2-5-20(22)26(35)31(27)16-11-23(33)30-14-9-18(10-15-30)21-17-29-25-19(21)6-4-13-28-25/h2-7,9,13,17H,8,10-12,14-16H2,1H3,(H,28,29)/t27-/m0/s1. The highest BCUT2D eigenvalue weighted by molar-refractivity contribution is 6.10. The first-order valence-electron chi connectivity index (χ1n) is 12.1. The highest BCUT2D eigenvalue weighted by atomic mass is 16.2. The van der Waals surface area contributed by atoms with Gasteiger partial charge in [-0.05, 0) is 49.6 Å². The summed E-state index contributed by atoms with van der Waals surface area (Å²) < 4.78 is 0. The molecule has 3 aliphatic heterocycles. The van der Waals surface area contributed by atoms with Gasteiger partial charge in [0.2, 0.25) is 11.8 Å². The van der Waals surface area contributed by atoms with Crippen LogP contribution in [-0.4, -0.2) is 62.8 Å². The van der Waals surface area contributed by atoms with Crippen LogP contribution in [0.5, 0.6) is 0 Å². The van der Waals surface area contributed by atoms with Crippen molar-refractivity contribution >= 4 is 40.0 Å². The second kappa shape index (κ2) is 8.08. The second-order valence-corrected chi connectivity index (χ2v) is 9.59. The topological polar surface area (TPSA) is 89.6 Å². The van der Waals surface area contributed by atoms with Gasteiger partial charge in [0.25, 0.3) is 5.91 Å². The van der Waals surface area contributed by atoms with E-state index in [0.717, 1.165) is 23.0 Å². The van der Waals surface area contributed by atoms with E-state index in [-0.39, 0.29) is 30.7 Å². The summed E-state index contributed by atoms with van der Waals surface area (Å²) in [6, 6.07) is 11.2. The van der Waals surface area contributed by atoms with E-state index in [4.69, 9.17) is 0 Å². The number of nitrogens with one attached hydrogen (secondary N) is 1. The van der Waals surface area contributed by atoms with E-state index in [2.05, 4.69) is 22.1 Å². The summed E-state index contributed by atoms with van der Waals surface area (Å²) in [5.74, 6) is -0.0763. The van der Waals surface area contributed by atoms with Gasteiger partial charge in [-0.3, -0.25) is 19.3 Å². The third-order valence-corrected chi connectivity index (χ3v) is 7.65. The predicted octanol–water partition coefficient (Wildman–Crippen LogP) is 3.57. The van der Waals surface area contributed by atoms with Crippen molar-refractivity contribution in [3.05, 3.63) is 66.0 Å². The van der Waals surface area contributed by atoms with Crippen molar-refractivity contribution in [2.75, 3.05) is 24.5 Å². The Hall–Kier alpha value is -3.94. The number of amides is 3. The fourth-order valence-electron chi connectivity index (χ4n) is 5.77. The number of nitrogens with zero attached hydrogens (tertiary/aromatic N) is 4. The van der Waals surface area contributed by atoms with E-state index in [1.54, 1.807) is 22.1 Å². The van der Waals surface area contributed by atoms with E-state index in [9.17, 15) is 14.4 Å². The number of hydrogen-bond donors (Lipinski definition) is 1. The normalized spacial score (nSPS) is 21.9. The number of carbonyl (C=O) groups is 3. The van der Waals surface area contributed by atoms with E-state index >= 15 is 0 Å². The fraction of sp³-hybridized carbons (Fsp3) is 0.333. The lowest BCUT2D eigenvalue weighted by molar-refractivity contribution is -0.131. The number of para-hydroxylation sites is 1. The first-order chi connectivity index (χ1) is 17.0. The summed E-state index contributed by atoms with van der Waals surface area (Å²) in [4.78, 5) is 52.1. The van der Waals surface area contributed by atoms with Gasteiger partial charge in [0.15, 0.2) is 0 Å². The average Bonchev–Trinajstić information content (AvgIpc) is 3.45. The first-order valence-corrected chi connectivity index (χ1v) is 12.1. The van der Waals surface area contributed by atoms with Crippen LogP contribution in [-0.2, 0) is 9.59 Å². The minimum absolute atomic E-state index is 0.0185. The number of H-pyrrole nitrogens is 1. The molecule has 6 rings (SSSR count). The molecule has 35 heavy (non-hydrogen) atoms. The number of anilines is 1. The monoisotopic (exact) mass is 469 g/mol.